The highest BCUT2D eigenvalue weighted by molar-refractivity contribution is 7.99. The number of hydrogen-bond acceptors (Lipinski definition) is 3. The number of carbonyl (C=O) groups is 1. The minimum absolute atomic E-state index is 0.0621. The summed E-state index contributed by atoms with van der Waals surface area (Å²) in [5.74, 6) is 1.39. The molecule has 0 fully saturated rings. The lowest BCUT2D eigenvalue weighted by atomic mass is 10.1. The van der Waals surface area contributed by atoms with Gasteiger partial charge < -0.3 is 10.1 Å². The Kier molecular flexibility index (Phi) is 5.18. The van der Waals surface area contributed by atoms with Crippen molar-refractivity contribution < 1.29 is 13.9 Å². The smallest absolute Gasteiger partial charge is 0.261 e. The van der Waals surface area contributed by atoms with E-state index in [2.05, 4.69) is 5.32 Å². The molecule has 0 saturated carbocycles. The fourth-order valence-corrected chi connectivity index (χ4v) is 3.30. The summed E-state index contributed by atoms with van der Waals surface area (Å²) in [6, 6.07) is 14.2. The minimum Gasteiger partial charge on any atom is -0.480 e. The first kappa shape index (κ1) is 15.9. The Bertz CT molecular complexity index is 650. The molecule has 1 unspecified atom stereocenters. The lowest BCUT2D eigenvalue weighted by Crippen LogP contribution is -2.38. The van der Waals surface area contributed by atoms with E-state index in [9.17, 15) is 9.18 Å². The molecule has 1 amide bonds. The van der Waals surface area contributed by atoms with Crippen molar-refractivity contribution in [2.24, 2.45) is 0 Å². The van der Waals surface area contributed by atoms with Gasteiger partial charge >= 0.3 is 0 Å². The minimum atomic E-state index is -0.419. The van der Waals surface area contributed by atoms with E-state index in [0.29, 0.717) is 13.0 Å². The molecule has 0 saturated heterocycles. The summed E-state index contributed by atoms with van der Waals surface area (Å²) in [4.78, 5) is 13.1. The predicted octanol–water partition coefficient (Wildman–Crippen LogP) is 3.43. The molecular formula is C18H18FNO2S. The summed E-state index contributed by atoms with van der Waals surface area (Å²) in [6.07, 6.45) is 1.07. The van der Waals surface area contributed by atoms with Gasteiger partial charge in [0.1, 0.15) is 11.6 Å². The number of halogens is 1. The molecular weight excluding hydrogens is 313 g/mol. The monoisotopic (exact) mass is 331 g/mol. The Labute approximate surface area is 139 Å². The zero-order chi connectivity index (χ0) is 16.1. The lowest BCUT2D eigenvalue weighted by molar-refractivity contribution is -0.127. The Morgan fingerprint density at radius 2 is 2.00 bits per heavy atom. The van der Waals surface area contributed by atoms with Crippen LogP contribution in [0.15, 0.2) is 53.4 Å². The first-order chi connectivity index (χ1) is 11.2. The normalized spacial score (nSPS) is 15.8. The largest absolute Gasteiger partial charge is 0.480 e. The molecule has 23 heavy (non-hydrogen) atoms. The summed E-state index contributed by atoms with van der Waals surface area (Å²) < 4.78 is 18.4. The number of ether oxygens (including phenoxy) is 1. The maximum atomic E-state index is 12.8. The topological polar surface area (TPSA) is 38.3 Å². The van der Waals surface area contributed by atoms with E-state index in [-0.39, 0.29) is 11.7 Å². The standard InChI is InChI=1S/C18H18FNO2S/c19-14-6-8-15(9-7-14)23-11-3-10-20-18(21)17-12-13-4-1-2-5-16(13)22-17/h1-2,4-9,17H,3,10-12H2,(H,20,21). The van der Waals surface area contributed by atoms with E-state index >= 15 is 0 Å². The molecule has 3 rings (SSSR count). The van der Waals surface area contributed by atoms with Crippen LogP contribution in [-0.4, -0.2) is 24.3 Å². The van der Waals surface area contributed by atoms with Crippen molar-refractivity contribution in [3.63, 3.8) is 0 Å². The molecule has 120 valence electrons. The Balaban J connectivity index is 1.35. The van der Waals surface area contributed by atoms with Crippen molar-refractivity contribution in [3.05, 3.63) is 59.9 Å². The van der Waals surface area contributed by atoms with Gasteiger partial charge in [-0.2, -0.15) is 0 Å². The summed E-state index contributed by atoms with van der Waals surface area (Å²) >= 11 is 1.65. The molecule has 1 aliphatic heterocycles. The third-order valence-corrected chi connectivity index (χ3v) is 4.74. The summed E-state index contributed by atoms with van der Waals surface area (Å²) in [7, 11) is 0. The Hall–Kier alpha value is -2.01. The molecule has 0 radical (unpaired) electrons. The van der Waals surface area contributed by atoms with Gasteiger partial charge in [-0.15, -0.1) is 11.8 Å². The predicted molar refractivity (Wildman–Crippen MR) is 89.3 cm³/mol. The SMILES string of the molecule is O=C(NCCCSc1ccc(F)cc1)C1Cc2ccccc2O1. The number of rotatable bonds is 6. The van der Waals surface area contributed by atoms with Gasteiger partial charge in [-0.05, 0) is 48.1 Å². The molecule has 1 heterocycles. The maximum Gasteiger partial charge on any atom is 0.261 e. The quantitative estimate of drug-likeness (QED) is 0.651. The van der Waals surface area contributed by atoms with Crippen molar-refractivity contribution in [1.82, 2.24) is 5.32 Å². The Morgan fingerprint density at radius 1 is 1.22 bits per heavy atom. The number of benzene rings is 2. The number of thioether (sulfide) groups is 1. The van der Waals surface area contributed by atoms with Crippen molar-refractivity contribution in [2.75, 3.05) is 12.3 Å². The van der Waals surface area contributed by atoms with Crippen molar-refractivity contribution in [1.29, 1.82) is 0 Å². The third kappa shape index (κ3) is 4.26. The van der Waals surface area contributed by atoms with Gasteiger partial charge in [-0.3, -0.25) is 4.79 Å². The molecule has 0 spiro atoms. The summed E-state index contributed by atoms with van der Waals surface area (Å²) in [5, 5.41) is 2.92. The van der Waals surface area contributed by atoms with Crippen LogP contribution >= 0.6 is 11.8 Å². The first-order valence-corrected chi connectivity index (χ1v) is 8.61. The third-order valence-electron chi connectivity index (χ3n) is 3.64. The second kappa shape index (κ2) is 7.51. The van der Waals surface area contributed by atoms with E-state index in [0.717, 1.165) is 28.4 Å². The number of nitrogens with one attached hydrogen (secondary N) is 1. The van der Waals surface area contributed by atoms with Gasteiger partial charge in [0.15, 0.2) is 6.10 Å². The second-order valence-corrected chi connectivity index (χ2v) is 6.53. The van der Waals surface area contributed by atoms with Gasteiger partial charge in [0, 0.05) is 17.9 Å². The summed E-state index contributed by atoms with van der Waals surface area (Å²) in [6.45, 7) is 0.614. The molecule has 1 N–H and O–H groups in total. The van der Waals surface area contributed by atoms with Gasteiger partial charge in [-0.25, -0.2) is 4.39 Å². The Morgan fingerprint density at radius 3 is 2.78 bits per heavy atom. The first-order valence-electron chi connectivity index (χ1n) is 7.63. The molecule has 3 nitrogen and oxygen atoms in total. The van der Waals surface area contributed by atoms with Crippen LogP contribution in [0, 0.1) is 5.82 Å². The van der Waals surface area contributed by atoms with E-state index in [4.69, 9.17) is 4.74 Å². The van der Waals surface area contributed by atoms with Gasteiger partial charge in [0.25, 0.3) is 5.91 Å². The number of fused-ring (bicyclic) bond motifs is 1. The van der Waals surface area contributed by atoms with Crippen LogP contribution in [0.25, 0.3) is 0 Å². The number of para-hydroxylation sites is 1. The number of hydrogen-bond donors (Lipinski definition) is 1. The van der Waals surface area contributed by atoms with Crippen LogP contribution in [0.3, 0.4) is 0 Å². The van der Waals surface area contributed by atoms with Crippen LogP contribution < -0.4 is 10.1 Å². The highest BCUT2D eigenvalue weighted by Crippen LogP contribution is 2.28. The number of amides is 1. The van der Waals surface area contributed by atoms with Crippen LogP contribution in [0.2, 0.25) is 0 Å². The number of carbonyl (C=O) groups excluding carboxylic acids is 1. The molecule has 0 aliphatic carbocycles. The molecule has 0 bridgehead atoms. The van der Waals surface area contributed by atoms with Crippen LogP contribution in [-0.2, 0) is 11.2 Å². The van der Waals surface area contributed by atoms with E-state index in [1.807, 2.05) is 24.3 Å². The van der Waals surface area contributed by atoms with E-state index < -0.39 is 6.10 Å². The van der Waals surface area contributed by atoms with Gasteiger partial charge in [0.2, 0.25) is 0 Å². The van der Waals surface area contributed by atoms with E-state index in [1.54, 1.807) is 23.9 Å². The van der Waals surface area contributed by atoms with E-state index in [1.165, 1.54) is 12.1 Å². The average Bonchev–Trinajstić information content (AvgIpc) is 3.00. The molecule has 2 aromatic carbocycles. The van der Waals surface area contributed by atoms with Crippen molar-refractivity contribution >= 4 is 17.7 Å². The van der Waals surface area contributed by atoms with Crippen LogP contribution in [0.5, 0.6) is 5.75 Å². The molecule has 1 aliphatic rings. The van der Waals surface area contributed by atoms with Crippen LogP contribution in [0.1, 0.15) is 12.0 Å². The fourth-order valence-electron chi connectivity index (χ4n) is 2.45. The molecule has 2 aromatic rings. The fraction of sp³-hybridized carbons (Fsp3) is 0.278. The molecule has 1 atom stereocenters. The van der Waals surface area contributed by atoms with Gasteiger partial charge in [0.05, 0.1) is 0 Å². The lowest BCUT2D eigenvalue weighted by Gasteiger charge is -2.11. The second-order valence-electron chi connectivity index (χ2n) is 5.37. The molecule has 5 heteroatoms. The highest BCUT2D eigenvalue weighted by atomic mass is 32.2. The van der Waals surface area contributed by atoms with Crippen molar-refractivity contribution in [2.45, 2.75) is 23.8 Å². The maximum absolute atomic E-state index is 12.8. The zero-order valence-corrected chi connectivity index (χ0v) is 13.4. The van der Waals surface area contributed by atoms with Crippen molar-refractivity contribution in [3.8, 4) is 5.75 Å². The highest BCUT2D eigenvalue weighted by Gasteiger charge is 2.28. The zero-order valence-electron chi connectivity index (χ0n) is 12.6. The average molecular weight is 331 g/mol. The van der Waals surface area contributed by atoms with Crippen LogP contribution in [0.4, 0.5) is 4.39 Å². The van der Waals surface area contributed by atoms with Gasteiger partial charge in [-0.1, -0.05) is 18.2 Å². The molecule has 0 aromatic heterocycles. The summed E-state index contributed by atoms with van der Waals surface area (Å²) in [5.41, 5.74) is 1.08.